The number of nitrogens with one attached hydrogen (secondary N) is 1. The first-order valence-electron chi connectivity index (χ1n) is 22.3. The Kier molecular flexibility index (Phi) is 17.9. The highest BCUT2D eigenvalue weighted by atomic mass is 16.7. The molecule has 3 aromatic carbocycles. The number of oxime groups is 1. The van der Waals surface area contributed by atoms with Crippen molar-refractivity contribution in [2.24, 2.45) is 22.9 Å². The zero-order valence-electron chi connectivity index (χ0n) is 36.8. The number of carbonyl (C=O) groups is 2. The quantitative estimate of drug-likeness (QED) is 0.0307. The predicted molar refractivity (Wildman–Crippen MR) is 240 cm³/mol. The molecule has 2 amide bonds. The SMILES string of the molecule is C=CCO[C@@]12Oc3ccc(OC(=O)NCc4ccccc4)cc3[C@H]3[C@H](CCCCO)[C@@H](CCCCO)C=C(C(=NOCC)C[C@@H]1N(CCOCCO)C(=O)Oc1ccc([N+](=O)[O-])cc1)[C@H]32. The molecule has 0 spiro atoms. The molecule has 6 atom stereocenters. The minimum absolute atomic E-state index is 0.00438. The number of unbranched alkanes of at least 4 members (excludes halogenated alkanes) is 2. The van der Waals surface area contributed by atoms with Crippen LogP contribution in [0.25, 0.3) is 0 Å². The fourth-order valence-corrected chi connectivity index (χ4v) is 9.27. The first-order valence-corrected chi connectivity index (χ1v) is 22.3. The molecule has 1 heterocycles. The number of aliphatic hydroxyl groups is 3. The Balaban J connectivity index is 1.52. The Bertz CT molecular complexity index is 2120. The molecule has 350 valence electrons. The number of hydrogen-bond donors (Lipinski definition) is 4. The smallest absolute Gasteiger partial charge is 0.415 e. The average Bonchev–Trinajstić information content (AvgIpc) is 3.31. The summed E-state index contributed by atoms with van der Waals surface area (Å²) in [5, 5.41) is 48.3. The maximum atomic E-state index is 14.7. The molecule has 17 nitrogen and oxygen atoms in total. The van der Waals surface area contributed by atoms with E-state index in [-0.39, 0.29) is 94.8 Å². The van der Waals surface area contributed by atoms with E-state index in [9.17, 15) is 35.0 Å². The normalized spacial score (nSPS) is 22.4. The van der Waals surface area contributed by atoms with Gasteiger partial charge in [0, 0.05) is 56.3 Å². The van der Waals surface area contributed by atoms with Crippen molar-refractivity contribution in [1.82, 2.24) is 10.2 Å². The van der Waals surface area contributed by atoms with Gasteiger partial charge in [0.1, 0.15) is 29.9 Å². The molecule has 4 N–H and O–H groups in total. The lowest BCUT2D eigenvalue weighted by Crippen LogP contribution is -2.70. The summed E-state index contributed by atoms with van der Waals surface area (Å²) in [7, 11) is 0. The summed E-state index contributed by atoms with van der Waals surface area (Å²) in [6.07, 6.45) is 6.41. The molecule has 1 saturated carbocycles. The zero-order chi connectivity index (χ0) is 46.2. The van der Waals surface area contributed by atoms with Gasteiger partial charge in [-0.05, 0) is 85.9 Å². The van der Waals surface area contributed by atoms with Crippen LogP contribution < -0.4 is 19.5 Å². The molecule has 2 aliphatic carbocycles. The number of fused-ring (bicyclic) bond motifs is 2. The maximum Gasteiger partial charge on any atom is 0.415 e. The number of nitrogens with zero attached hydrogens (tertiary/aromatic N) is 3. The van der Waals surface area contributed by atoms with E-state index in [4.69, 9.17) is 28.5 Å². The molecule has 0 aromatic heterocycles. The van der Waals surface area contributed by atoms with Gasteiger partial charge in [0.2, 0.25) is 5.79 Å². The second kappa shape index (κ2) is 23.9. The highest BCUT2D eigenvalue weighted by Crippen LogP contribution is 2.62. The molecule has 17 heteroatoms. The van der Waals surface area contributed by atoms with Crippen LogP contribution in [0.1, 0.15) is 68.9 Å². The van der Waals surface area contributed by atoms with Gasteiger partial charge < -0.3 is 49.2 Å². The largest absolute Gasteiger partial charge is 0.459 e. The predicted octanol–water partition coefficient (Wildman–Crippen LogP) is 7.05. The summed E-state index contributed by atoms with van der Waals surface area (Å²) >= 11 is 0. The zero-order valence-corrected chi connectivity index (χ0v) is 36.8. The summed E-state index contributed by atoms with van der Waals surface area (Å²) in [6.45, 7) is 6.04. The second-order valence-corrected chi connectivity index (χ2v) is 16.1. The molecule has 3 aromatic rings. The van der Waals surface area contributed by atoms with Crippen LogP contribution in [0.2, 0.25) is 0 Å². The lowest BCUT2D eigenvalue weighted by atomic mass is 9.55. The summed E-state index contributed by atoms with van der Waals surface area (Å²) in [6, 6.07) is 18.8. The van der Waals surface area contributed by atoms with Crippen molar-refractivity contribution >= 4 is 23.6 Å². The van der Waals surface area contributed by atoms with Crippen molar-refractivity contribution in [3.63, 3.8) is 0 Å². The summed E-state index contributed by atoms with van der Waals surface area (Å²) in [5.74, 6) is -2.10. The Morgan fingerprint density at radius 1 is 0.969 bits per heavy atom. The van der Waals surface area contributed by atoms with E-state index in [0.717, 1.165) is 29.5 Å². The van der Waals surface area contributed by atoms with Gasteiger partial charge in [-0.25, -0.2) is 9.59 Å². The van der Waals surface area contributed by atoms with E-state index in [0.29, 0.717) is 37.1 Å². The van der Waals surface area contributed by atoms with Gasteiger partial charge in [0.05, 0.1) is 43.0 Å². The molecule has 0 saturated heterocycles. The van der Waals surface area contributed by atoms with Gasteiger partial charge in [-0.2, -0.15) is 0 Å². The number of hydrogen-bond acceptors (Lipinski definition) is 14. The first kappa shape index (κ1) is 48.6. The molecule has 0 radical (unpaired) electrons. The van der Waals surface area contributed by atoms with Gasteiger partial charge in [-0.15, -0.1) is 6.58 Å². The van der Waals surface area contributed by atoms with Crippen molar-refractivity contribution in [2.45, 2.75) is 76.2 Å². The number of rotatable bonds is 24. The van der Waals surface area contributed by atoms with Crippen LogP contribution in [0.5, 0.6) is 17.2 Å². The molecule has 0 bridgehead atoms. The number of amides is 2. The van der Waals surface area contributed by atoms with Crippen molar-refractivity contribution in [1.29, 1.82) is 0 Å². The molecule has 1 aliphatic heterocycles. The van der Waals surface area contributed by atoms with Crippen LogP contribution in [0.15, 0.2) is 102 Å². The van der Waals surface area contributed by atoms with Crippen molar-refractivity contribution in [3.8, 4) is 17.2 Å². The third-order valence-corrected chi connectivity index (χ3v) is 12.0. The Morgan fingerprint density at radius 2 is 1.71 bits per heavy atom. The monoisotopic (exact) mass is 900 g/mol. The lowest BCUT2D eigenvalue weighted by Gasteiger charge is -2.59. The fourth-order valence-electron chi connectivity index (χ4n) is 9.27. The lowest BCUT2D eigenvalue weighted by molar-refractivity contribution is -0.384. The van der Waals surface area contributed by atoms with Crippen LogP contribution in [-0.2, 0) is 20.9 Å². The van der Waals surface area contributed by atoms with Gasteiger partial charge in [0.15, 0.2) is 0 Å². The number of carbonyl (C=O) groups excluding carboxylic acids is 2. The van der Waals surface area contributed by atoms with Crippen molar-refractivity contribution in [2.75, 3.05) is 52.8 Å². The number of non-ortho nitro benzene ring substituents is 1. The van der Waals surface area contributed by atoms with E-state index < -0.39 is 40.8 Å². The van der Waals surface area contributed by atoms with E-state index in [1.54, 1.807) is 18.2 Å². The fraction of sp³-hybridized carbons (Fsp3) is 0.479. The maximum absolute atomic E-state index is 14.7. The Hall–Kier alpha value is -5.85. The Morgan fingerprint density at radius 3 is 2.40 bits per heavy atom. The number of allylic oxidation sites excluding steroid dienone is 1. The molecular formula is C48H60N4O13. The summed E-state index contributed by atoms with van der Waals surface area (Å²) in [5.41, 5.74) is 2.82. The minimum atomic E-state index is -1.64. The number of benzene rings is 3. The molecule has 1 fully saturated rings. The Labute approximate surface area is 378 Å². The average molecular weight is 901 g/mol. The van der Waals surface area contributed by atoms with Gasteiger partial charge >= 0.3 is 12.2 Å². The van der Waals surface area contributed by atoms with Crippen LogP contribution in [0.3, 0.4) is 0 Å². The molecule has 0 unspecified atom stereocenters. The molecular weight excluding hydrogens is 841 g/mol. The van der Waals surface area contributed by atoms with Crippen molar-refractivity contribution < 1.29 is 58.4 Å². The van der Waals surface area contributed by atoms with E-state index in [1.165, 1.54) is 29.2 Å². The second-order valence-electron chi connectivity index (χ2n) is 16.1. The van der Waals surface area contributed by atoms with Gasteiger partial charge in [-0.3, -0.25) is 15.0 Å². The van der Waals surface area contributed by atoms with Gasteiger partial charge in [0.25, 0.3) is 5.69 Å². The minimum Gasteiger partial charge on any atom is -0.459 e. The molecule has 3 aliphatic rings. The van der Waals surface area contributed by atoms with Gasteiger partial charge in [-0.1, -0.05) is 60.5 Å². The highest BCUT2D eigenvalue weighted by molar-refractivity contribution is 6.03. The summed E-state index contributed by atoms with van der Waals surface area (Å²) in [4.78, 5) is 46.1. The van der Waals surface area contributed by atoms with E-state index in [1.807, 2.05) is 43.3 Å². The van der Waals surface area contributed by atoms with Crippen LogP contribution >= 0.6 is 0 Å². The van der Waals surface area contributed by atoms with Crippen LogP contribution in [-0.4, -0.2) is 108 Å². The number of nitro benzene ring substituents is 1. The molecule has 6 rings (SSSR count). The van der Waals surface area contributed by atoms with Crippen LogP contribution in [0.4, 0.5) is 15.3 Å². The third kappa shape index (κ3) is 11.9. The standard InChI is InChI=1S/C48H60N4O13/c1-3-26-61-48-43(51(22-27-60-28-25-55)47(57)64-36-18-16-35(17-19-36)52(58)59)31-41(50-62-4-2)39-29-34(14-8-10-23-53)38(15-9-11-24-54)44(45(39)48)40-30-37(20-21-42(40)65-48)63-46(56)49-32-33-12-6-5-7-13-33/h3,5-7,12-13,16-21,29-30,34,38,43-45,53-55H,1,4,8-11,14-15,22-28,31-32H2,2H3,(H,49,56)/t34-,38+,43-,44+,45+,48+/m0/s1. The van der Waals surface area contributed by atoms with E-state index in [2.05, 4.69) is 23.1 Å². The van der Waals surface area contributed by atoms with Crippen molar-refractivity contribution in [3.05, 3.63) is 118 Å². The summed E-state index contributed by atoms with van der Waals surface area (Å²) < 4.78 is 31.7. The number of ether oxygens (including phenoxy) is 5. The first-order chi connectivity index (χ1) is 31.7. The van der Waals surface area contributed by atoms with E-state index >= 15 is 0 Å². The van der Waals surface area contributed by atoms with Crippen LogP contribution in [0, 0.1) is 27.9 Å². The number of nitro groups is 1. The topological polar surface area (TPSA) is 221 Å². The third-order valence-electron chi connectivity index (χ3n) is 12.0. The molecule has 65 heavy (non-hydrogen) atoms. The number of aliphatic hydroxyl groups excluding tert-OH is 3. The highest BCUT2D eigenvalue weighted by Gasteiger charge is 2.65.